The van der Waals surface area contributed by atoms with Gasteiger partial charge in [0.05, 0.1) is 0 Å². The van der Waals surface area contributed by atoms with Gasteiger partial charge in [0.25, 0.3) is 0 Å². The summed E-state index contributed by atoms with van der Waals surface area (Å²) >= 11 is 7.60. The van der Waals surface area contributed by atoms with Gasteiger partial charge >= 0.3 is 0 Å². The van der Waals surface area contributed by atoms with Gasteiger partial charge in [0, 0.05) is 22.4 Å². The first-order chi connectivity index (χ1) is 7.22. The molecule has 0 aliphatic heterocycles. The van der Waals surface area contributed by atoms with Crippen molar-refractivity contribution < 1.29 is 5.11 Å². The van der Waals surface area contributed by atoms with Gasteiger partial charge in [0.2, 0.25) is 0 Å². The Bertz CT molecular complexity index is 469. The molecule has 1 aromatic heterocycles. The van der Waals surface area contributed by atoms with Gasteiger partial charge in [-0.25, -0.2) is 0 Å². The molecule has 1 atom stereocenters. The van der Waals surface area contributed by atoms with Crippen LogP contribution in [0.25, 0.3) is 10.1 Å². The summed E-state index contributed by atoms with van der Waals surface area (Å²) in [6, 6.07) is 5.70. The van der Waals surface area contributed by atoms with Crippen LogP contribution in [0.4, 0.5) is 0 Å². The molecule has 15 heavy (non-hydrogen) atoms. The number of hydrogen-bond acceptors (Lipinski definition) is 3. The van der Waals surface area contributed by atoms with E-state index in [0.717, 1.165) is 16.0 Å². The number of halogens is 1. The van der Waals surface area contributed by atoms with Crippen molar-refractivity contribution in [3.05, 3.63) is 34.2 Å². The summed E-state index contributed by atoms with van der Waals surface area (Å²) in [5.74, 6) is 0. The standard InChI is InChI=1S/C11H12ClNOS/c12-7-1-2-11-8(5-7)9(6-15-11)10(13)3-4-14/h1-2,5-6,10,14H,3-4,13H2. The first kappa shape index (κ1) is 10.9. The van der Waals surface area contributed by atoms with Gasteiger partial charge in [-0.3, -0.25) is 0 Å². The quantitative estimate of drug-likeness (QED) is 0.868. The molecule has 1 aromatic carbocycles. The number of rotatable bonds is 3. The Hall–Kier alpha value is -0.610. The maximum Gasteiger partial charge on any atom is 0.0449 e. The molecule has 0 fully saturated rings. The summed E-state index contributed by atoms with van der Waals surface area (Å²) < 4.78 is 1.18. The Morgan fingerprint density at radius 3 is 3.00 bits per heavy atom. The lowest BCUT2D eigenvalue weighted by molar-refractivity contribution is 0.277. The van der Waals surface area contributed by atoms with Gasteiger partial charge in [-0.2, -0.15) is 0 Å². The predicted molar refractivity (Wildman–Crippen MR) is 65.5 cm³/mol. The third-order valence-corrected chi connectivity index (χ3v) is 3.62. The highest BCUT2D eigenvalue weighted by Crippen LogP contribution is 2.32. The van der Waals surface area contributed by atoms with Crippen LogP contribution in [0.2, 0.25) is 5.02 Å². The molecule has 0 bridgehead atoms. The number of aliphatic hydroxyl groups is 1. The molecule has 2 nitrogen and oxygen atoms in total. The zero-order valence-corrected chi connectivity index (χ0v) is 9.68. The van der Waals surface area contributed by atoms with Gasteiger partial charge < -0.3 is 10.8 Å². The molecule has 0 aliphatic carbocycles. The van der Waals surface area contributed by atoms with Gasteiger partial charge in [0.1, 0.15) is 0 Å². The molecule has 3 N–H and O–H groups in total. The van der Waals surface area contributed by atoms with Crippen molar-refractivity contribution in [3.8, 4) is 0 Å². The average molecular weight is 242 g/mol. The van der Waals surface area contributed by atoms with E-state index in [9.17, 15) is 0 Å². The average Bonchev–Trinajstić information content (AvgIpc) is 2.60. The molecule has 0 saturated carbocycles. The number of fused-ring (bicyclic) bond motifs is 1. The van der Waals surface area contributed by atoms with Gasteiger partial charge in [-0.15, -0.1) is 11.3 Å². The summed E-state index contributed by atoms with van der Waals surface area (Å²) in [5, 5.41) is 12.7. The van der Waals surface area contributed by atoms with E-state index in [1.165, 1.54) is 4.70 Å². The van der Waals surface area contributed by atoms with Crippen LogP contribution in [-0.2, 0) is 0 Å². The van der Waals surface area contributed by atoms with E-state index in [0.29, 0.717) is 6.42 Å². The third kappa shape index (κ3) is 2.16. The van der Waals surface area contributed by atoms with Crippen molar-refractivity contribution in [2.75, 3.05) is 6.61 Å². The van der Waals surface area contributed by atoms with Crippen molar-refractivity contribution in [1.29, 1.82) is 0 Å². The van der Waals surface area contributed by atoms with E-state index in [2.05, 4.69) is 0 Å². The van der Waals surface area contributed by atoms with Crippen molar-refractivity contribution in [1.82, 2.24) is 0 Å². The summed E-state index contributed by atoms with van der Waals surface area (Å²) in [7, 11) is 0. The molecule has 0 saturated heterocycles. The molecule has 1 unspecified atom stereocenters. The fraction of sp³-hybridized carbons (Fsp3) is 0.273. The van der Waals surface area contributed by atoms with Crippen molar-refractivity contribution >= 4 is 33.0 Å². The third-order valence-electron chi connectivity index (χ3n) is 2.41. The fourth-order valence-corrected chi connectivity index (χ4v) is 2.78. The maximum absolute atomic E-state index is 8.86. The monoisotopic (exact) mass is 241 g/mol. The topological polar surface area (TPSA) is 46.2 Å². The Morgan fingerprint density at radius 2 is 2.27 bits per heavy atom. The maximum atomic E-state index is 8.86. The van der Waals surface area contributed by atoms with Crippen LogP contribution < -0.4 is 5.73 Å². The van der Waals surface area contributed by atoms with Crippen molar-refractivity contribution in [3.63, 3.8) is 0 Å². The molecule has 0 amide bonds. The summed E-state index contributed by atoms with van der Waals surface area (Å²) in [6.45, 7) is 0.110. The molecule has 0 spiro atoms. The number of thiophene rings is 1. The highest BCUT2D eigenvalue weighted by molar-refractivity contribution is 7.17. The van der Waals surface area contributed by atoms with Crippen molar-refractivity contribution in [2.24, 2.45) is 5.73 Å². The van der Waals surface area contributed by atoms with Crippen LogP contribution in [0.5, 0.6) is 0 Å². The summed E-state index contributed by atoms with van der Waals surface area (Å²) in [6.07, 6.45) is 0.582. The van der Waals surface area contributed by atoms with Gasteiger partial charge in [0.15, 0.2) is 0 Å². The molecule has 80 valence electrons. The highest BCUT2D eigenvalue weighted by atomic mass is 35.5. The zero-order valence-electron chi connectivity index (χ0n) is 8.11. The lowest BCUT2D eigenvalue weighted by Crippen LogP contribution is -2.11. The Labute approximate surface area is 97.3 Å². The summed E-state index contributed by atoms with van der Waals surface area (Å²) in [5.41, 5.74) is 7.05. The normalized spacial score (nSPS) is 13.3. The van der Waals surface area contributed by atoms with E-state index in [1.807, 2.05) is 23.6 Å². The molecule has 1 heterocycles. The van der Waals surface area contributed by atoms with Gasteiger partial charge in [-0.1, -0.05) is 11.6 Å². The lowest BCUT2D eigenvalue weighted by Gasteiger charge is -2.08. The van der Waals surface area contributed by atoms with E-state index in [-0.39, 0.29) is 12.6 Å². The second-order valence-corrected chi connectivity index (χ2v) is 4.80. The van der Waals surface area contributed by atoms with E-state index in [4.69, 9.17) is 22.4 Å². The van der Waals surface area contributed by atoms with Crippen LogP contribution >= 0.6 is 22.9 Å². The fourth-order valence-electron chi connectivity index (χ4n) is 1.60. The molecular formula is C11H12ClNOS. The van der Waals surface area contributed by atoms with Crippen LogP contribution in [0.3, 0.4) is 0 Å². The minimum absolute atomic E-state index is 0.109. The highest BCUT2D eigenvalue weighted by Gasteiger charge is 2.11. The molecule has 0 radical (unpaired) electrons. The first-order valence-corrected chi connectivity index (χ1v) is 6.01. The van der Waals surface area contributed by atoms with E-state index < -0.39 is 0 Å². The summed E-state index contributed by atoms with van der Waals surface area (Å²) in [4.78, 5) is 0. The number of nitrogens with two attached hydrogens (primary N) is 1. The zero-order chi connectivity index (χ0) is 10.8. The molecule has 4 heteroatoms. The lowest BCUT2D eigenvalue weighted by atomic mass is 10.0. The molecule has 2 aromatic rings. The van der Waals surface area contributed by atoms with Crippen LogP contribution in [0, 0.1) is 0 Å². The van der Waals surface area contributed by atoms with Crippen LogP contribution in [-0.4, -0.2) is 11.7 Å². The molecule has 2 rings (SSSR count). The smallest absolute Gasteiger partial charge is 0.0449 e. The van der Waals surface area contributed by atoms with Crippen LogP contribution in [0.15, 0.2) is 23.6 Å². The number of hydrogen-bond donors (Lipinski definition) is 2. The Balaban J connectivity index is 2.47. The van der Waals surface area contributed by atoms with E-state index >= 15 is 0 Å². The largest absolute Gasteiger partial charge is 0.396 e. The number of aliphatic hydroxyl groups excluding tert-OH is 1. The van der Waals surface area contributed by atoms with E-state index in [1.54, 1.807) is 11.3 Å². The Kier molecular flexibility index (Phi) is 3.26. The van der Waals surface area contributed by atoms with Crippen LogP contribution in [0.1, 0.15) is 18.0 Å². The predicted octanol–water partition coefficient (Wildman–Crippen LogP) is 2.94. The van der Waals surface area contributed by atoms with Crippen molar-refractivity contribution in [2.45, 2.75) is 12.5 Å². The first-order valence-electron chi connectivity index (χ1n) is 4.75. The molecular weight excluding hydrogens is 230 g/mol. The Morgan fingerprint density at radius 1 is 1.47 bits per heavy atom. The second kappa shape index (κ2) is 4.49. The van der Waals surface area contributed by atoms with Gasteiger partial charge in [-0.05, 0) is 40.9 Å². The minimum atomic E-state index is -0.109. The number of benzene rings is 1. The second-order valence-electron chi connectivity index (χ2n) is 3.45. The SMILES string of the molecule is NC(CCO)c1csc2ccc(Cl)cc12. The molecule has 0 aliphatic rings. The minimum Gasteiger partial charge on any atom is -0.396 e.